The summed E-state index contributed by atoms with van der Waals surface area (Å²) in [7, 11) is 0. The maximum Gasteiger partial charge on any atom is 0.266 e. The molecular weight excluding hydrogens is 282 g/mol. The van der Waals surface area contributed by atoms with Gasteiger partial charge in [-0.1, -0.05) is 0 Å². The van der Waals surface area contributed by atoms with Crippen molar-refractivity contribution in [3.63, 3.8) is 0 Å². The van der Waals surface area contributed by atoms with Gasteiger partial charge < -0.3 is 15.3 Å². The van der Waals surface area contributed by atoms with E-state index >= 15 is 0 Å². The summed E-state index contributed by atoms with van der Waals surface area (Å²) in [6.07, 6.45) is 1.63. The smallest absolute Gasteiger partial charge is 0.266 e. The van der Waals surface area contributed by atoms with Crippen LogP contribution in [-0.2, 0) is 9.59 Å². The number of alkyl halides is 2. The van der Waals surface area contributed by atoms with Crippen LogP contribution in [0.1, 0.15) is 38.5 Å². The van der Waals surface area contributed by atoms with Gasteiger partial charge in [0.25, 0.3) is 5.92 Å². The first-order valence-electron chi connectivity index (χ1n) is 7.40. The number of hydrogen-bond acceptors (Lipinski definition) is 3. The number of nitrogens with one attached hydrogen (secondary N) is 1. The Bertz CT molecular complexity index is 479. The van der Waals surface area contributed by atoms with Gasteiger partial charge in [-0.15, -0.1) is 0 Å². The van der Waals surface area contributed by atoms with Crippen LogP contribution in [0.3, 0.4) is 0 Å². The molecule has 2 saturated heterocycles. The predicted octanol–water partition coefficient (Wildman–Crippen LogP) is 0.665. The summed E-state index contributed by atoms with van der Waals surface area (Å²) in [4.78, 5) is 25.2. The number of aliphatic hydroxyl groups is 1. The second-order valence-electron chi connectivity index (χ2n) is 6.82. The molecule has 1 saturated carbocycles. The van der Waals surface area contributed by atoms with Gasteiger partial charge in [0.15, 0.2) is 0 Å². The zero-order chi connectivity index (χ0) is 15.3. The Morgan fingerprint density at radius 2 is 2.00 bits per heavy atom. The van der Waals surface area contributed by atoms with E-state index in [-0.39, 0.29) is 18.9 Å². The van der Waals surface area contributed by atoms with Gasteiger partial charge in [0.05, 0.1) is 24.0 Å². The van der Waals surface area contributed by atoms with Gasteiger partial charge in [-0.3, -0.25) is 9.59 Å². The Hall–Kier alpha value is -1.24. The normalized spacial score (nSPS) is 33.7. The van der Waals surface area contributed by atoms with Crippen LogP contribution in [0, 0.1) is 5.41 Å². The fraction of sp³-hybridized carbons (Fsp3) is 0.857. The third kappa shape index (κ3) is 2.63. The van der Waals surface area contributed by atoms with Gasteiger partial charge in [0.2, 0.25) is 11.8 Å². The number of hydrogen-bond donors (Lipinski definition) is 2. The average Bonchev–Trinajstić information content (AvgIpc) is 2.66. The molecule has 0 bridgehead atoms. The van der Waals surface area contributed by atoms with Crippen LogP contribution in [0.15, 0.2) is 0 Å². The Morgan fingerprint density at radius 1 is 1.29 bits per heavy atom. The minimum atomic E-state index is -3.06. The summed E-state index contributed by atoms with van der Waals surface area (Å²) >= 11 is 0. The number of nitrogens with zero attached hydrogens (tertiary/aromatic N) is 1. The molecule has 0 radical (unpaired) electrons. The van der Waals surface area contributed by atoms with Crippen LogP contribution in [0.2, 0.25) is 0 Å². The van der Waals surface area contributed by atoms with E-state index in [4.69, 9.17) is 0 Å². The van der Waals surface area contributed by atoms with Crippen molar-refractivity contribution >= 4 is 11.8 Å². The fourth-order valence-corrected chi connectivity index (χ4v) is 3.67. The quantitative estimate of drug-likeness (QED) is 0.787. The number of rotatable bonds is 2. The van der Waals surface area contributed by atoms with Gasteiger partial charge in [0, 0.05) is 19.5 Å². The molecular formula is C14H20F2N2O3. The number of halogens is 2. The summed E-state index contributed by atoms with van der Waals surface area (Å²) in [6, 6.07) is 0. The van der Waals surface area contributed by atoms with Gasteiger partial charge >= 0.3 is 0 Å². The lowest BCUT2D eigenvalue weighted by atomic mass is 9.75. The topological polar surface area (TPSA) is 69.6 Å². The summed E-state index contributed by atoms with van der Waals surface area (Å²) in [5, 5.41) is 12.6. The van der Waals surface area contributed by atoms with E-state index in [2.05, 4.69) is 5.32 Å². The standard InChI is InChI=1S/C14H20F2N2O3/c15-14(16)7-12(4-5-17-11(12)20)8-18(9-14)10(19)6-13(21)2-1-3-13/h21H,1-9H2,(H,17,20)/t12-/m0/s1. The van der Waals surface area contributed by atoms with Gasteiger partial charge in [0.1, 0.15) is 0 Å². The van der Waals surface area contributed by atoms with Crippen molar-refractivity contribution in [3.8, 4) is 0 Å². The summed E-state index contributed by atoms with van der Waals surface area (Å²) in [5.74, 6) is -3.92. The Balaban J connectivity index is 1.75. The molecule has 3 rings (SSSR count). The monoisotopic (exact) mass is 302 g/mol. The first-order valence-corrected chi connectivity index (χ1v) is 7.40. The van der Waals surface area contributed by atoms with E-state index in [0.717, 1.165) is 11.3 Å². The Labute approximate surface area is 121 Å². The molecule has 0 aromatic rings. The largest absolute Gasteiger partial charge is 0.389 e. The molecule has 118 valence electrons. The average molecular weight is 302 g/mol. The minimum absolute atomic E-state index is 0.0311. The van der Waals surface area contributed by atoms with E-state index < -0.39 is 35.8 Å². The van der Waals surface area contributed by atoms with E-state index in [9.17, 15) is 23.5 Å². The zero-order valence-electron chi connectivity index (χ0n) is 11.8. The molecule has 5 nitrogen and oxygen atoms in total. The highest BCUT2D eigenvalue weighted by molar-refractivity contribution is 5.86. The zero-order valence-corrected chi connectivity index (χ0v) is 11.8. The summed E-state index contributed by atoms with van der Waals surface area (Å²) in [5.41, 5.74) is -2.20. The second kappa shape index (κ2) is 4.63. The molecule has 3 fully saturated rings. The predicted molar refractivity (Wildman–Crippen MR) is 69.6 cm³/mol. The lowest BCUT2D eigenvalue weighted by Gasteiger charge is -2.44. The Kier molecular flexibility index (Phi) is 3.24. The van der Waals surface area contributed by atoms with E-state index in [1.807, 2.05) is 0 Å². The molecule has 2 heterocycles. The lowest BCUT2D eigenvalue weighted by Crippen LogP contribution is -2.58. The highest BCUT2D eigenvalue weighted by Gasteiger charge is 2.56. The third-order valence-electron chi connectivity index (χ3n) is 5.00. The number of amides is 2. The van der Waals surface area contributed by atoms with Crippen molar-refractivity contribution in [2.24, 2.45) is 5.41 Å². The number of carbonyl (C=O) groups is 2. The highest BCUT2D eigenvalue weighted by atomic mass is 19.3. The molecule has 0 aromatic heterocycles. The minimum Gasteiger partial charge on any atom is -0.389 e. The molecule has 1 aliphatic carbocycles. The van der Waals surface area contributed by atoms with Gasteiger partial charge in [-0.2, -0.15) is 0 Å². The van der Waals surface area contributed by atoms with E-state index in [1.54, 1.807) is 0 Å². The molecule has 0 unspecified atom stereocenters. The molecule has 2 amide bonds. The maximum absolute atomic E-state index is 14.0. The van der Waals surface area contributed by atoms with Crippen molar-refractivity contribution in [1.82, 2.24) is 10.2 Å². The second-order valence-corrected chi connectivity index (χ2v) is 6.82. The van der Waals surface area contributed by atoms with Crippen molar-refractivity contribution in [2.45, 2.75) is 50.0 Å². The van der Waals surface area contributed by atoms with Crippen LogP contribution >= 0.6 is 0 Å². The first kappa shape index (κ1) is 14.7. The molecule has 21 heavy (non-hydrogen) atoms. The number of carbonyl (C=O) groups excluding carboxylic acids is 2. The fourth-order valence-electron chi connectivity index (χ4n) is 3.67. The molecule has 2 N–H and O–H groups in total. The third-order valence-corrected chi connectivity index (χ3v) is 5.00. The molecule has 3 aliphatic rings. The highest BCUT2D eigenvalue weighted by Crippen LogP contribution is 2.44. The van der Waals surface area contributed by atoms with Crippen molar-refractivity contribution in [2.75, 3.05) is 19.6 Å². The van der Waals surface area contributed by atoms with Crippen LogP contribution in [0.4, 0.5) is 8.78 Å². The molecule has 2 aliphatic heterocycles. The van der Waals surface area contributed by atoms with Crippen molar-refractivity contribution in [1.29, 1.82) is 0 Å². The van der Waals surface area contributed by atoms with E-state index in [1.165, 1.54) is 0 Å². The van der Waals surface area contributed by atoms with Gasteiger partial charge in [-0.05, 0) is 25.7 Å². The SMILES string of the molecule is O=C(CC1(O)CCC1)N1CC(F)(F)C[C@@]2(CCNC2=O)C1. The lowest BCUT2D eigenvalue weighted by molar-refractivity contribution is -0.165. The molecule has 7 heteroatoms. The number of piperidine rings is 1. The van der Waals surface area contributed by atoms with E-state index in [0.29, 0.717) is 25.8 Å². The van der Waals surface area contributed by atoms with Gasteiger partial charge in [-0.25, -0.2) is 8.78 Å². The maximum atomic E-state index is 14.0. The first-order chi connectivity index (χ1) is 9.74. The Morgan fingerprint density at radius 3 is 2.52 bits per heavy atom. The number of likely N-dealkylation sites (tertiary alicyclic amines) is 1. The van der Waals surface area contributed by atoms with Crippen LogP contribution in [-0.4, -0.2) is 53.0 Å². The molecule has 1 atom stereocenters. The van der Waals surface area contributed by atoms with Crippen molar-refractivity contribution in [3.05, 3.63) is 0 Å². The van der Waals surface area contributed by atoms with Crippen molar-refractivity contribution < 1.29 is 23.5 Å². The van der Waals surface area contributed by atoms with Crippen LogP contribution < -0.4 is 5.32 Å². The summed E-state index contributed by atoms with van der Waals surface area (Å²) < 4.78 is 28.0. The summed E-state index contributed by atoms with van der Waals surface area (Å²) in [6.45, 7) is -0.249. The molecule has 1 spiro atoms. The van der Waals surface area contributed by atoms with Crippen LogP contribution in [0.25, 0.3) is 0 Å². The van der Waals surface area contributed by atoms with Crippen LogP contribution in [0.5, 0.6) is 0 Å². The molecule has 0 aromatic carbocycles.